The van der Waals surface area contributed by atoms with E-state index in [0.717, 1.165) is 11.3 Å². The van der Waals surface area contributed by atoms with E-state index < -0.39 is 27.4 Å². The van der Waals surface area contributed by atoms with E-state index in [1.54, 1.807) is 20.8 Å². The molecular formula is C21H29N3O5S2. The number of carbonyl (C=O) groups is 2. The van der Waals surface area contributed by atoms with Crippen LogP contribution in [0.2, 0.25) is 0 Å². The summed E-state index contributed by atoms with van der Waals surface area (Å²) in [7, 11) is -3.15. The highest BCUT2D eigenvalue weighted by molar-refractivity contribution is 8.16. The van der Waals surface area contributed by atoms with Gasteiger partial charge in [0.15, 0.2) is 15.0 Å². The molecule has 1 aromatic rings. The van der Waals surface area contributed by atoms with Gasteiger partial charge >= 0.3 is 6.09 Å². The van der Waals surface area contributed by atoms with Crippen molar-refractivity contribution in [3.63, 3.8) is 0 Å². The van der Waals surface area contributed by atoms with Crippen molar-refractivity contribution in [3.05, 3.63) is 29.8 Å². The van der Waals surface area contributed by atoms with Crippen molar-refractivity contribution in [2.24, 2.45) is 4.99 Å². The normalized spacial score (nSPS) is 23.8. The van der Waals surface area contributed by atoms with Gasteiger partial charge in [0.2, 0.25) is 0 Å². The predicted octanol–water partition coefficient (Wildman–Crippen LogP) is 2.94. The molecule has 1 aromatic carbocycles. The third-order valence-electron chi connectivity index (χ3n) is 4.89. The summed E-state index contributed by atoms with van der Waals surface area (Å²) in [5.74, 6) is -0.223. The van der Waals surface area contributed by atoms with Crippen LogP contribution >= 0.6 is 11.8 Å². The van der Waals surface area contributed by atoms with Crippen LogP contribution in [-0.2, 0) is 19.4 Å². The molecule has 31 heavy (non-hydrogen) atoms. The number of alkyl carbamates (subject to hydrolysis) is 1. The van der Waals surface area contributed by atoms with Crippen LogP contribution in [0.4, 0.5) is 10.5 Å². The van der Waals surface area contributed by atoms with Crippen LogP contribution < -0.4 is 10.2 Å². The van der Waals surface area contributed by atoms with E-state index in [4.69, 9.17) is 4.74 Å². The Labute approximate surface area is 187 Å². The fourth-order valence-corrected chi connectivity index (χ4v) is 7.57. The zero-order valence-corrected chi connectivity index (χ0v) is 20.0. The highest BCUT2D eigenvalue weighted by Crippen LogP contribution is 2.43. The monoisotopic (exact) mass is 467 g/mol. The molecule has 0 aromatic heterocycles. The van der Waals surface area contributed by atoms with Gasteiger partial charge in [0.1, 0.15) is 12.1 Å². The largest absolute Gasteiger partial charge is 0.444 e. The lowest BCUT2D eigenvalue weighted by Crippen LogP contribution is -2.39. The number of benzene rings is 1. The number of rotatable bonds is 4. The minimum atomic E-state index is -3.15. The molecule has 0 bridgehead atoms. The number of amidine groups is 1. The quantitative estimate of drug-likeness (QED) is 0.726. The minimum Gasteiger partial charge on any atom is -0.444 e. The second-order valence-electron chi connectivity index (χ2n) is 9.03. The van der Waals surface area contributed by atoms with Gasteiger partial charge in [-0.3, -0.25) is 4.79 Å². The number of aliphatic imine (C=N–C) groups is 1. The highest BCUT2D eigenvalue weighted by atomic mass is 32.2. The number of nitrogens with zero attached hydrogens (tertiary/aromatic N) is 2. The number of amides is 2. The topological polar surface area (TPSA) is 105 Å². The average molecular weight is 468 g/mol. The molecule has 0 saturated carbocycles. The van der Waals surface area contributed by atoms with E-state index in [0.29, 0.717) is 5.17 Å². The highest BCUT2D eigenvalue weighted by Gasteiger charge is 2.49. The molecule has 8 nitrogen and oxygen atoms in total. The van der Waals surface area contributed by atoms with Crippen LogP contribution in [0.1, 0.15) is 46.1 Å². The predicted molar refractivity (Wildman–Crippen MR) is 124 cm³/mol. The van der Waals surface area contributed by atoms with E-state index in [9.17, 15) is 18.0 Å². The Morgan fingerprint density at radius 1 is 1.26 bits per heavy atom. The van der Waals surface area contributed by atoms with E-state index in [1.807, 2.05) is 29.2 Å². The van der Waals surface area contributed by atoms with E-state index in [1.165, 1.54) is 11.8 Å². The molecule has 0 aliphatic carbocycles. The van der Waals surface area contributed by atoms with Crippen molar-refractivity contribution in [3.8, 4) is 0 Å². The molecule has 2 atom stereocenters. The van der Waals surface area contributed by atoms with Crippen LogP contribution in [0.3, 0.4) is 0 Å². The molecule has 2 amide bonds. The van der Waals surface area contributed by atoms with Crippen LogP contribution in [0, 0.1) is 0 Å². The fraction of sp³-hybridized carbons (Fsp3) is 0.571. The van der Waals surface area contributed by atoms with Gasteiger partial charge in [0.05, 0.1) is 17.5 Å². The number of carbonyl (C=O) groups excluding carboxylic acids is 2. The third-order valence-corrected chi connectivity index (χ3v) is 8.10. The zero-order valence-electron chi connectivity index (χ0n) is 18.4. The standard InChI is InChI=1S/C21H29N3O5S2/c1-13(2)14-8-6-7-9-15(14)24-16-11-31(27,28)12-17(16)30-19(24)23-18(25)10-22-20(26)29-21(3,4)5/h6-9,13,16-17H,10-12H2,1-5H3,(H,22,26)/t16-,17+/m1/s1. The zero-order chi connectivity index (χ0) is 23.0. The van der Waals surface area contributed by atoms with Crippen molar-refractivity contribution in [2.45, 2.75) is 57.4 Å². The van der Waals surface area contributed by atoms with E-state index in [-0.39, 0.29) is 35.3 Å². The van der Waals surface area contributed by atoms with Gasteiger partial charge in [0, 0.05) is 10.9 Å². The van der Waals surface area contributed by atoms with Crippen molar-refractivity contribution in [1.29, 1.82) is 0 Å². The summed E-state index contributed by atoms with van der Waals surface area (Å²) >= 11 is 1.31. The minimum absolute atomic E-state index is 0.0282. The number of hydrogen-bond donors (Lipinski definition) is 1. The first-order chi connectivity index (χ1) is 14.4. The lowest BCUT2D eigenvalue weighted by Gasteiger charge is -2.28. The molecule has 0 unspecified atom stereocenters. The molecule has 1 N–H and O–H groups in total. The van der Waals surface area contributed by atoms with Gasteiger partial charge in [0.25, 0.3) is 5.91 Å². The van der Waals surface area contributed by atoms with Crippen molar-refractivity contribution in [1.82, 2.24) is 5.32 Å². The summed E-state index contributed by atoms with van der Waals surface area (Å²) in [5.41, 5.74) is 1.25. The number of fused-ring (bicyclic) bond motifs is 1. The van der Waals surface area contributed by atoms with Crippen LogP contribution in [-0.4, -0.2) is 60.5 Å². The molecule has 0 radical (unpaired) electrons. The molecule has 2 aliphatic heterocycles. The number of hydrogen-bond acceptors (Lipinski definition) is 6. The maximum Gasteiger partial charge on any atom is 0.408 e. The molecule has 0 spiro atoms. The summed E-state index contributed by atoms with van der Waals surface area (Å²) in [6.07, 6.45) is -0.690. The summed E-state index contributed by atoms with van der Waals surface area (Å²) in [4.78, 5) is 30.4. The maximum atomic E-state index is 12.5. The molecule has 170 valence electrons. The second kappa shape index (κ2) is 8.82. The first kappa shape index (κ1) is 23.6. The van der Waals surface area contributed by atoms with Crippen LogP contribution in [0.5, 0.6) is 0 Å². The molecule has 10 heteroatoms. The van der Waals surface area contributed by atoms with Gasteiger partial charge in [-0.05, 0) is 38.3 Å². The summed E-state index contributed by atoms with van der Waals surface area (Å²) < 4.78 is 29.6. The Bertz CT molecular complexity index is 999. The number of thioether (sulfide) groups is 1. The number of anilines is 1. The molecule has 2 heterocycles. The number of ether oxygens (including phenoxy) is 1. The van der Waals surface area contributed by atoms with E-state index in [2.05, 4.69) is 24.2 Å². The Hall–Kier alpha value is -2.07. The molecular weight excluding hydrogens is 438 g/mol. The summed E-state index contributed by atoms with van der Waals surface area (Å²) in [6.45, 7) is 9.05. The van der Waals surface area contributed by atoms with Gasteiger partial charge in [-0.1, -0.05) is 43.8 Å². The van der Waals surface area contributed by atoms with Crippen molar-refractivity contribution < 1.29 is 22.7 Å². The SMILES string of the molecule is CC(C)c1ccccc1N1C(=NC(=O)CNC(=O)OC(C)(C)C)S[C@H]2CS(=O)(=O)C[C@H]21. The Kier molecular flexibility index (Phi) is 6.71. The molecule has 2 fully saturated rings. The Morgan fingerprint density at radius 2 is 1.94 bits per heavy atom. The average Bonchev–Trinajstić information content (AvgIpc) is 3.09. The van der Waals surface area contributed by atoms with Crippen LogP contribution in [0.15, 0.2) is 29.3 Å². The number of sulfone groups is 1. The molecule has 2 aliphatic rings. The van der Waals surface area contributed by atoms with Gasteiger partial charge in [-0.2, -0.15) is 4.99 Å². The van der Waals surface area contributed by atoms with Gasteiger partial charge in [-0.15, -0.1) is 0 Å². The number of para-hydroxylation sites is 1. The first-order valence-corrected chi connectivity index (χ1v) is 12.9. The lowest BCUT2D eigenvalue weighted by molar-refractivity contribution is -0.117. The van der Waals surface area contributed by atoms with Gasteiger partial charge in [-0.25, -0.2) is 13.2 Å². The summed E-state index contributed by atoms with van der Waals surface area (Å²) in [5, 5.41) is 2.70. The summed E-state index contributed by atoms with van der Waals surface area (Å²) in [6, 6.07) is 7.50. The lowest BCUT2D eigenvalue weighted by atomic mass is 9.99. The fourth-order valence-electron chi connectivity index (χ4n) is 3.65. The third kappa shape index (κ3) is 5.79. The van der Waals surface area contributed by atoms with Crippen LogP contribution in [0.25, 0.3) is 0 Å². The smallest absolute Gasteiger partial charge is 0.408 e. The molecule has 3 rings (SSSR count). The molecule has 2 saturated heterocycles. The first-order valence-electron chi connectivity index (χ1n) is 10.2. The van der Waals surface area contributed by atoms with E-state index >= 15 is 0 Å². The Balaban J connectivity index is 1.85. The maximum absolute atomic E-state index is 12.5. The van der Waals surface area contributed by atoms with Crippen molar-refractivity contribution >= 4 is 44.5 Å². The van der Waals surface area contributed by atoms with Gasteiger partial charge < -0.3 is 15.0 Å². The Morgan fingerprint density at radius 3 is 2.58 bits per heavy atom. The second-order valence-corrected chi connectivity index (χ2v) is 12.4. The van der Waals surface area contributed by atoms with Crippen molar-refractivity contribution in [2.75, 3.05) is 23.0 Å². The number of nitrogens with one attached hydrogen (secondary N) is 1.